The van der Waals surface area contributed by atoms with Crippen LogP contribution in [0.15, 0.2) is 0 Å². The smallest absolute Gasteiger partial charge is 0.236 e. The highest BCUT2D eigenvalue weighted by Gasteiger charge is 2.35. The van der Waals surface area contributed by atoms with E-state index in [0.717, 1.165) is 43.5 Å². The molecule has 3 heterocycles. The van der Waals surface area contributed by atoms with Crippen molar-refractivity contribution in [1.82, 2.24) is 25.0 Å². The molecule has 1 saturated heterocycles. The summed E-state index contributed by atoms with van der Waals surface area (Å²) in [4.78, 5) is 19.4. The molecule has 2 aliphatic heterocycles. The van der Waals surface area contributed by atoms with Crippen LogP contribution in [0.25, 0.3) is 0 Å². The summed E-state index contributed by atoms with van der Waals surface area (Å²) < 4.78 is 2.00. The van der Waals surface area contributed by atoms with E-state index in [-0.39, 0.29) is 0 Å². The number of piperidine rings is 1. The molecule has 0 bridgehead atoms. The Bertz CT molecular complexity index is 596. The van der Waals surface area contributed by atoms with E-state index in [0.29, 0.717) is 24.5 Å². The lowest BCUT2D eigenvalue weighted by Gasteiger charge is -2.44. The van der Waals surface area contributed by atoms with Crippen LogP contribution in [0.1, 0.15) is 56.6 Å². The molecule has 3 atom stereocenters. The van der Waals surface area contributed by atoms with Gasteiger partial charge >= 0.3 is 0 Å². The standard InChI is InChI=1S/C18H29N5O/c1-13-20-17-9-8-15(12-23(17)21-13)19-11-18(24)22-10-4-6-14-5-2-3-7-16(14)22/h14-16,19H,2-12H2,1H3/t14-,15-,16-/m1/s1. The SMILES string of the molecule is Cc1nc2n(n1)C[C@H](NCC(=O)N1CCC[C@H]3CCCC[C@H]31)CC2. The van der Waals surface area contributed by atoms with Gasteiger partial charge in [-0.05, 0) is 44.9 Å². The van der Waals surface area contributed by atoms with Gasteiger partial charge in [0.25, 0.3) is 0 Å². The Labute approximate surface area is 144 Å². The van der Waals surface area contributed by atoms with Crippen LogP contribution in [-0.4, -0.2) is 50.7 Å². The molecule has 132 valence electrons. The van der Waals surface area contributed by atoms with Gasteiger partial charge in [0, 0.05) is 25.0 Å². The zero-order valence-electron chi connectivity index (χ0n) is 14.7. The third-order valence-corrected chi connectivity index (χ3v) is 6.07. The summed E-state index contributed by atoms with van der Waals surface area (Å²) in [6.45, 7) is 4.19. The summed E-state index contributed by atoms with van der Waals surface area (Å²) in [7, 11) is 0. The molecule has 6 heteroatoms. The van der Waals surface area contributed by atoms with Gasteiger partial charge < -0.3 is 10.2 Å². The minimum atomic E-state index is 0.298. The maximum atomic E-state index is 12.8. The van der Waals surface area contributed by atoms with Crippen molar-refractivity contribution in [2.24, 2.45) is 5.92 Å². The van der Waals surface area contributed by atoms with Crippen LogP contribution >= 0.6 is 0 Å². The van der Waals surface area contributed by atoms with E-state index in [9.17, 15) is 4.79 Å². The van der Waals surface area contributed by atoms with Crippen molar-refractivity contribution < 1.29 is 4.79 Å². The van der Waals surface area contributed by atoms with E-state index >= 15 is 0 Å². The van der Waals surface area contributed by atoms with Crippen molar-refractivity contribution in [2.75, 3.05) is 13.1 Å². The molecule has 1 saturated carbocycles. The Kier molecular flexibility index (Phi) is 4.57. The van der Waals surface area contributed by atoms with Gasteiger partial charge in [-0.25, -0.2) is 9.67 Å². The van der Waals surface area contributed by atoms with Crippen molar-refractivity contribution in [3.05, 3.63) is 11.6 Å². The van der Waals surface area contributed by atoms with Crippen molar-refractivity contribution in [2.45, 2.75) is 76.9 Å². The van der Waals surface area contributed by atoms with Gasteiger partial charge in [0.1, 0.15) is 11.6 Å². The first-order valence-electron chi connectivity index (χ1n) is 9.64. The number of hydrogen-bond acceptors (Lipinski definition) is 4. The van der Waals surface area contributed by atoms with Gasteiger partial charge in [-0.15, -0.1) is 0 Å². The molecule has 1 amide bonds. The Morgan fingerprint density at radius 2 is 2.04 bits per heavy atom. The lowest BCUT2D eigenvalue weighted by molar-refractivity contribution is -0.136. The van der Waals surface area contributed by atoms with Crippen LogP contribution in [0.3, 0.4) is 0 Å². The fourth-order valence-electron chi connectivity index (χ4n) is 4.87. The predicted molar refractivity (Wildman–Crippen MR) is 91.6 cm³/mol. The molecule has 24 heavy (non-hydrogen) atoms. The highest BCUT2D eigenvalue weighted by atomic mass is 16.2. The van der Waals surface area contributed by atoms with Crippen LogP contribution in [0, 0.1) is 12.8 Å². The van der Waals surface area contributed by atoms with Gasteiger partial charge in [-0.2, -0.15) is 5.10 Å². The van der Waals surface area contributed by atoms with E-state index in [1.165, 1.54) is 38.5 Å². The highest BCUT2D eigenvalue weighted by Crippen LogP contribution is 2.35. The summed E-state index contributed by atoms with van der Waals surface area (Å²) in [5, 5.41) is 7.93. The second-order valence-electron chi connectivity index (χ2n) is 7.72. The van der Waals surface area contributed by atoms with E-state index in [1.54, 1.807) is 0 Å². The number of aromatic nitrogens is 3. The van der Waals surface area contributed by atoms with Crippen molar-refractivity contribution in [3.8, 4) is 0 Å². The minimum absolute atomic E-state index is 0.298. The molecule has 2 fully saturated rings. The molecule has 0 aromatic carbocycles. The molecular weight excluding hydrogens is 302 g/mol. The second kappa shape index (κ2) is 6.82. The van der Waals surface area contributed by atoms with Gasteiger partial charge in [-0.1, -0.05) is 12.8 Å². The van der Waals surface area contributed by atoms with E-state index in [4.69, 9.17) is 0 Å². The molecule has 1 aliphatic carbocycles. The minimum Gasteiger partial charge on any atom is -0.338 e. The lowest BCUT2D eigenvalue weighted by Crippen LogP contribution is -2.53. The van der Waals surface area contributed by atoms with Crippen LogP contribution in [-0.2, 0) is 17.8 Å². The quantitative estimate of drug-likeness (QED) is 0.915. The van der Waals surface area contributed by atoms with Gasteiger partial charge in [0.2, 0.25) is 5.91 Å². The van der Waals surface area contributed by atoms with E-state index in [1.807, 2.05) is 11.6 Å². The second-order valence-corrected chi connectivity index (χ2v) is 7.72. The number of aryl methyl sites for hydroxylation is 2. The lowest BCUT2D eigenvalue weighted by atomic mass is 9.78. The normalized spacial score (nSPS) is 29.9. The fourth-order valence-corrected chi connectivity index (χ4v) is 4.87. The number of carbonyl (C=O) groups is 1. The van der Waals surface area contributed by atoms with Crippen LogP contribution < -0.4 is 5.32 Å². The summed E-state index contributed by atoms with van der Waals surface area (Å²) in [5.41, 5.74) is 0. The molecule has 6 nitrogen and oxygen atoms in total. The van der Waals surface area contributed by atoms with Crippen LogP contribution in [0.4, 0.5) is 0 Å². The molecule has 3 aliphatic rings. The number of amides is 1. The molecule has 1 aromatic rings. The van der Waals surface area contributed by atoms with Crippen LogP contribution in [0.2, 0.25) is 0 Å². The number of fused-ring (bicyclic) bond motifs is 2. The maximum Gasteiger partial charge on any atom is 0.236 e. The fraction of sp³-hybridized carbons (Fsp3) is 0.833. The largest absolute Gasteiger partial charge is 0.338 e. The summed E-state index contributed by atoms with van der Waals surface area (Å²) >= 11 is 0. The molecule has 1 N–H and O–H groups in total. The topological polar surface area (TPSA) is 63.1 Å². The number of rotatable bonds is 3. The maximum absolute atomic E-state index is 12.8. The Balaban J connectivity index is 1.32. The molecule has 1 aromatic heterocycles. The first-order chi connectivity index (χ1) is 11.7. The Morgan fingerprint density at radius 1 is 1.21 bits per heavy atom. The first kappa shape index (κ1) is 16.1. The predicted octanol–water partition coefficient (Wildman–Crippen LogP) is 1.67. The summed E-state index contributed by atoms with van der Waals surface area (Å²) in [5.74, 6) is 2.98. The molecule has 0 spiro atoms. The molecule has 0 radical (unpaired) electrons. The van der Waals surface area contributed by atoms with E-state index in [2.05, 4.69) is 20.3 Å². The number of nitrogens with one attached hydrogen (secondary N) is 1. The van der Waals surface area contributed by atoms with Gasteiger partial charge in [-0.3, -0.25) is 4.79 Å². The number of carbonyl (C=O) groups excluding carboxylic acids is 1. The zero-order chi connectivity index (χ0) is 16.5. The third kappa shape index (κ3) is 3.21. The number of nitrogens with zero attached hydrogens (tertiary/aromatic N) is 4. The van der Waals surface area contributed by atoms with Gasteiger partial charge in [0.05, 0.1) is 13.1 Å². The highest BCUT2D eigenvalue weighted by molar-refractivity contribution is 5.78. The Hall–Kier alpha value is -1.43. The van der Waals surface area contributed by atoms with E-state index < -0.39 is 0 Å². The third-order valence-electron chi connectivity index (χ3n) is 6.07. The average Bonchev–Trinajstić information content (AvgIpc) is 2.98. The monoisotopic (exact) mass is 331 g/mol. The molecular formula is C18H29N5O. The van der Waals surface area contributed by atoms with Crippen molar-refractivity contribution in [1.29, 1.82) is 0 Å². The van der Waals surface area contributed by atoms with Crippen LogP contribution in [0.5, 0.6) is 0 Å². The summed E-state index contributed by atoms with van der Waals surface area (Å²) in [6.07, 6.45) is 9.65. The zero-order valence-corrected chi connectivity index (χ0v) is 14.7. The molecule has 0 unspecified atom stereocenters. The van der Waals surface area contributed by atoms with Crippen molar-refractivity contribution >= 4 is 5.91 Å². The van der Waals surface area contributed by atoms with Gasteiger partial charge in [0.15, 0.2) is 0 Å². The number of hydrogen-bond donors (Lipinski definition) is 1. The Morgan fingerprint density at radius 3 is 2.96 bits per heavy atom. The number of likely N-dealkylation sites (tertiary alicyclic amines) is 1. The first-order valence-corrected chi connectivity index (χ1v) is 9.64. The molecule has 4 rings (SSSR count). The summed E-state index contributed by atoms with van der Waals surface area (Å²) in [6, 6.07) is 0.840. The van der Waals surface area contributed by atoms with Crippen molar-refractivity contribution in [3.63, 3.8) is 0 Å². The average molecular weight is 331 g/mol.